The number of methoxy groups -OCH3 is 2. The van der Waals surface area contributed by atoms with Crippen molar-refractivity contribution in [1.82, 2.24) is 15.3 Å². The van der Waals surface area contributed by atoms with Crippen molar-refractivity contribution in [3.63, 3.8) is 0 Å². The van der Waals surface area contributed by atoms with Crippen LogP contribution in [0.2, 0.25) is 5.02 Å². The van der Waals surface area contributed by atoms with E-state index in [1.54, 1.807) is 20.3 Å². The number of rotatable bonds is 6. The van der Waals surface area contributed by atoms with E-state index in [-0.39, 0.29) is 12.5 Å². The SMILES string of the molecule is COCc1nc(OC)c2c(C)c(C(=O)NCc3cc(Cl)c4c(c3)OCCCO4)sc2n1. The van der Waals surface area contributed by atoms with E-state index < -0.39 is 0 Å². The Morgan fingerprint density at radius 3 is 2.84 bits per heavy atom. The first-order valence-electron chi connectivity index (χ1n) is 9.71. The summed E-state index contributed by atoms with van der Waals surface area (Å²) in [6, 6.07) is 3.62. The molecule has 0 bridgehead atoms. The van der Waals surface area contributed by atoms with Crippen LogP contribution in [0, 0.1) is 6.92 Å². The Kier molecular flexibility index (Phi) is 6.45. The Morgan fingerprint density at radius 2 is 2.06 bits per heavy atom. The fourth-order valence-electron chi connectivity index (χ4n) is 3.35. The number of aromatic nitrogens is 2. The summed E-state index contributed by atoms with van der Waals surface area (Å²) >= 11 is 7.65. The van der Waals surface area contributed by atoms with Crippen molar-refractivity contribution in [1.29, 1.82) is 0 Å². The minimum absolute atomic E-state index is 0.209. The molecule has 1 N–H and O–H groups in total. The normalized spacial score (nSPS) is 13.2. The predicted molar refractivity (Wildman–Crippen MR) is 118 cm³/mol. The lowest BCUT2D eigenvalue weighted by Gasteiger charge is -2.12. The number of nitrogens with zero attached hydrogens (tertiary/aromatic N) is 2. The quantitative estimate of drug-likeness (QED) is 0.592. The number of carbonyl (C=O) groups excluding carboxylic acids is 1. The van der Waals surface area contributed by atoms with Crippen molar-refractivity contribution in [3.8, 4) is 17.4 Å². The molecule has 164 valence electrons. The molecule has 1 amide bonds. The van der Waals surface area contributed by atoms with Gasteiger partial charge >= 0.3 is 0 Å². The number of benzene rings is 1. The van der Waals surface area contributed by atoms with E-state index in [0.29, 0.717) is 57.7 Å². The molecule has 8 nitrogen and oxygen atoms in total. The Bertz CT molecular complexity index is 1130. The lowest BCUT2D eigenvalue weighted by atomic mass is 10.1. The first kappa shape index (κ1) is 21.6. The van der Waals surface area contributed by atoms with Gasteiger partial charge in [0.15, 0.2) is 17.3 Å². The van der Waals surface area contributed by atoms with Crippen LogP contribution in [0.25, 0.3) is 10.2 Å². The smallest absolute Gasteiger partial charge is 0.261 e. The van der Waals surface area contributed by atoms with Crippen molar-refractivity contribution in [2.75, 3.05) is 27.4 Å². The summed E-state index contributed by atoms with van der Waals surface area (Å²) in [6.07, 6.45) is 0.792. The van der Waals surface area contributed by atoms with E-state index in [0.717, 1.165) is 22.9 Å². The van der Waals surface area contributed by atoms with Crippen LogP contribution in [-0.4, -0.2) is 43.3 Å². The highest BCUT2D eigenvalue weighted by molar-refractivity contribution is 7.20. The summed E-state index contributed by atoms with van der Waals surface area (Å²) in [7, 11) is 3.12. The van der Waals surface area contributed by atoms with E-state index in [1.807, 2.05) is 13.0 Å². The number of nitrogens with one attached hydrogen (secondary N) is 1. The highest BCUT2D eigenvalue weighted by atomic mass is 35.5. The first-order chi connectivity index (χ1) is 15.0. The lowest BCUT2D eigenvalue weighted by molar-refractivity contribution is 0.0954. The van der Waals surface area contributed by atoms with Gasteiger partial charge in [0, 0.05) is 20.1 Å². The zero-order valence-corrected chi connectivity index (χ0v) is 19.0. The monoisotopic (exact) mass is 463 g/mol. The molecule has 2 aromatic heterocycles. The number of fused-ring (bicyclic) bond motifs is 2. The maximum atomic E-state index is 12.9. The maximum absolute atomic E-state index is 12.9. The Hall–Kier alpha value is -2.62. The molecule has 4 rings (SSSR count). The molecule has 1 aromatic carbocycles. The van der Waals surface area contributed by atoms with Crippen molar-refractivity contribution >= 4 is 39.1 Å². The topological polar surface area (TPSA) is 91.8 Å². The third kappa shape index (κ3) is 4.39. The molecule has 0 unspecified atom stereocenters. The average Bonchev–Trinajstić information content (AvgIpc) is 2.93. The largest absolute Gasteiger partial charge is 0.489 e. The van der Waals surface area contributed by atoms with Gasteiger partial charge in [-0.1, -0.05) is 11.6 Å². The zero-order chi connectivity index (χ0) is 22.0. The van der Waals surface area contributed by atoms with Crippen LogP contribution < -0.4 is 19.5 Å². The van der Waals surface area contributed by atoms with Crippen LogP contribution in [0.3, 0.4) is 0 Å². The summed E-state index contributed by atoms with van der Waals surface area (Å²) in [4.78, 5) is 23.0. The minimum atomic E-state index is -0.209. The molecular formula is C21H22ClN3O5S. The van der Waals surface area contributed by atoms with E-state index >= 15 is 0 Å². The lowest BCUT2D eigenvalue weighted by Crippen LogP contribution is -2.22. The number of halogens is 1. The number of ether oxygens (including phenoxy) is 4. The van der Waals surface area contributed by atoms with Crippen LogP contribution in [0.5, 0.6) is 17.4 Å². The molecule has 0 spiro atoms. The minimum Gasteiger partial charge on any atom is -0.489 e. The predicted octanol–water partition coefficient (Wildman–Crippen LogP) is 3.90. The second-order valence-electron chi connectivity index (χ2n) is 6.96. The van der Waals surface area contributed by atoms with Crippen LogP contribution in [0.1, 0.15) is 33.0 Å². The molecule has 31 heavy (non-hydrogen) atoms. The van der Waals surface area contributed by atoms with E-state index in [2.05, 4.69) is 15.3 Å². The zero-order valence-electron chi connectivity index (χ0n) is 17.4. The third-order valence-electron chi connectivity index (χ3n) is 4.79. The van der Waals surface area contributed by atoms with E-state index in [4.69, 9.17) is 30.5 Å². The third-order valence-corrected chi connectivity index (χ3v) is 6.26. The van der Waals surface area contributed by atoms with E-state index in [9.17, 15) is 4.79 Å². The van der Waals surface area contributed by atoms with Crippen LogP contribution in [0.15, 0.2) is 12.1 Å². The molecule has 3 aromatic rings. The number of amides is 1. The van der Waals surface area contributed by atoms with Gasteiger partial charge in [-0.25, -0.2) is 4.98 Å². The van der Waals surface area contributed by atoms with Gasteiger partial charge in [-0.3, -0.25) is 4.79 Å². The van der Waals surface area contributed by atoms with Crippen molar-refractivity contribution in [3.05, 3.63) is 39.0 Å². The van der Waals surface area contributed by atoms with Crippen LogP contribution in [-0.2, 0) is 17.9 Å². The first-order valence-corrected chi connectivity index (χ1v) is 10.9. The summed E-state index contributed by atoms with van der Waals surface area (Å²) in [5.74, 6) is 1.87. The Morgan fingerprint density at radius 1 is 1.26 bits per heavy atom. The molecule has 3 heterocycles. The van der Waals surface area contributed by atoms with Gasteiger partial charge in [0.2, 0.25) is 5.88 Å². The number of hydrogen-bond donors (Lipinski definition) is 1. The van der Waals surface area contributed by atoms with Gasteiger partial charge in [0.25, 0.3) is 5.91 Å². The van der Waals surface area contributed by atoms with Gasteiger partial charge < -0.3 is 24.3 Å². The van der Waals surface area contributed by atoms with Gasteiger partial charge in [-0.15, -0.1) is 11.3 Å². The summed E-state index contributed by atoms with van der Waals surface area (Å²) < 4.78 is 21.9. The molecule has 0 radical (unpaired) electrons. The molecule has 0 atom stereocenters. The second-order valence-corrected chi connectivity index (χ2v) is 8.36. The number of aryl methyl sites for hydroxylation is 1. The molecule has 0 fully saturated rings. The molecule has 0 saturated heterocycles. The number of hydrogen-bond acceptors (Lipinski definition) is 8. The molecule has 0 aliphatic carbocycles. The van der Waals surface area contributed by atoms with Gasteiger partial charge in [-0.2, -0.15) is 4.98 Å². The van der Waals surface area contributed by atoms with Crippen molar-refractivity contribution < 1.29 is 23.7 Å². The maximum Gasteiger partial charge on any atom is 0.261 e. The molecular weight excluding hydrogens is 442 g/mol. The Labute approximate surface area is 188 Å². The summed E-state index contributed by atoms with van der Waals surface area (Å²) in [5, 5.41) is 4.14. The molecule has 10 heteroatoms. The van der Waals surface area contributed by atoms with Crippen molar-refractivity contribution in [2.45, 2.75) is 26.5 Å². The highest BCUT2D eigenvalue weighted by Gasteiger charge is 2.22. The fourth-order valence-corrected chi connectivity index (χ4v) is 4.75. The molecule has 1 aliphatic heterocycles. The van der Waals surface area contributed by atoms with Gasteiger partial charge in [-0.05, 0) is 30.2 Å². The van der Waals surface area contributed by atoms with E-state index in [1.165, 1.54) is 11.3 Å². The standard InChI is InChI=1S/C21H22ClN3O5S/c1-11-16-20(28-3)24-15(10-27-2)25-21(16)31-18(11)19(26)23-9-12-7-13(22)17-14(8-12)29-5-4-6-30-17/h7-8H,4-6,9-10H2,1-3H3,(H,23,26). The van der Waals surface area contributed by atoms with Crippen LogP contribution >= 0.6 is 22.9 Å². The van der Waals surface area contributed by atoms with Crippen LogP contribution in [0.4, 0.5) is 0 Å². The fraction of sp³-hybridized carbons (Fsp3) is 0.381. The van der Waals surface area contributed by atoms with Crippen molar-refractivity contribution in [2.24, 2.45) is 0 Å². The highest BCUT2D eigenvalue weighted by Crippen LogP contribution is 2.38. The van der Waals surface area contributed by atoms with Gasteiger partial charge in [0.05, 0.1) is 35.6 Å². The number of thiophene rings is 1. The average molecular weight is 464 g/mol. The Balaban J connectivity index is 1.57. The number of carbonyl (C=O) groups is 1. The van der Waals surface area contributed by atoms with Gasteiger partial charge in [0.1, 0.15) is 11.4 Å². The summed E-state index contributed by atoms with van der Waals surface area (Å²) in [5.41, 5.74) is 1.59. The second kappa shape index (κ2) is 9.25. The molecule has 0 saturated carbocycles. The summed E-state index contributed by atoms with van der Waals surface area (Å²) in [6.45, 7) is 3.54. The molecule has 1 aliphatic rings.